The van der Waals surface area contributed by atoms with Crippen molar-refractivity contribution in [1.29, 1.82) is 0 Å². The average molecular weight is 950 g/mol. The summed E-state index contributed by atoms with van der Waals surface area (Å²) < 4.78 is 0. The molecule has 7 aliphatic carbocycles. The van der Waals surface area contributed by atoms with E-state index in [1.54, 1.807) is 96.3 Å². The van der Waals surface area contributed by atoms with Gasteiger partial charge in [-0.1, -0.05) is 121 Å². The van der Waals surface area contributed by atoms with E-state index in [0.29, 0.717) is 30.1 Å². The first-order chi connectivity index (χ1) is 28.4. The second-order valence-corrected chi connectivity index (χ2v) is 27.1. The third-order valence-electron chi connectivity index (χ3n) is 17.4. The molecule has 0 aromatic carbocycles. The van der Waals surface area contributed by atoms with Gasteiger partial charge in [-0.05, 0) is 165 Å². The molecule has 8 aliphatic rings. The Balaban J connectivity index is 0.000000215. The summed E-state index contributed by atoms with van der Waals surface area (Å²) >= 11 is -0.346. The third-order valence-corrected chi connectivity index (χ3v) is 22.0. The zero-order valence-corrected chi connectivity index (χ0v) is 41.2. The number of hydrogen-bond donors (Lipinski definition) is 2. The van der Waals surface area contributed by atoms with Crippen LogP contribution >= 0.6 is 27.3 Å². The quantitative estimate of drug-likeness (QED) is 0.160. The maximum atomic E-state index is 12.4. The van der Waals surface area contributed by atoms with Crippen molar-refractivity contribution < 1.29 is 25.4 Å². The van der Waals surface area contributed by atoms with Crippen LogP contribution in [0.15, 0.2) is 23.9 Å². The molecule has 7 heteroatoms. The second kappa shape index (κ2) is 26.0. The average Bonchev–Trinajstić information content (AvgIpc) is 3.29. The Morgan fingerprint density at radius 2 is 0.776 bits per heavy atom. The van der Waals surface area contributed by atoms with E-state index in [0.717, 1.165) is 12.1 Å². The predicted molar refractivity (Wildman–Crippen MR) is 250 cm³/mol. The molecule has 0 spiro atoms. The first kappa shape index (κ1) is 48.3. The van der Waals surface area contributed by atoms with E-state index in [1.165, 1.54) is 145 Å². The van der Waals surface area contributed by atoms with Gasteiger partial charge in [-0.3, -0.25) is 0 Å². The van der Waals surface area contributed by atoms with E-state index in [4.69, 9.17) is 24.7 Å². The Morgan fingerprint density at radius 3 is 1.10 bits per heavy atom. The van der Waals surface area contributed by atoms with Crippen LogP contribution in [0, 0.1) is 23.7 Å². The molecule has 0 amide bonds. The van der Waals surface area contributed by atoms with Gasteiger partial charge in [0.1, 0.15) is 0 Å². The van der Waals surface area contributed by atoms with Crippen molar-refractivity contribution in [2.45, 2.75) is 272 Å². The van der Waals surface area contributed by atoms with Crippen molar-refractivity contribution in [3.05, 3.63) is 29.2 Å². The topological polar surface area (TPSA) is 54.6 Å². The number of aliphatic hydroxyl groups is 2. The van der Waals surface area contributed by atoms with Crippen LogP contribution in [0.1, 0.15) is 238 Å². The van der Waals surface area contributed by atoms with Gasteiger partial charge in [0, 0.05) is 7.92 Å². The maximum absolute atomic E-state index is 12.4. The predicted octanol–water partition coefficient (Wildman–Crippen LogP) is 16.3. The molecule has 8 rings (SSSR count). The first-order valence-electron chi connectivity index (χ1n) is 25.7. The van der Waals surface area contributed by atoms with Gasteiger partial charge < -0.3 is 15.5 Å². The van der Waals surface area contributed by atoms with E-state index in [-0.39, 0.29) is 29.1 Å². The van der Waals surface area contributed by atoms with Gasteiger partial charge in [0.05, 0.1) is 28.2 Å². The van der Waals surface area contributed by atoms with Crippen molar-refractivity contribution in [2.24, 2.45) is 23.7 Å². The Labute approximate surface area is 375 Å². The van der Waals surface area contributed by atoms with Gasteiger partial charge in [-0.15, -0.1) is 0 Å². The van der Waals surface area contributed by atoms with Gasteiger partial charge in [-0.2, -0.15) is 5.70 Å². The van der Waals surface area contributed by atoms with Gasteiger partial charge in [-0.25, -0.2) is 0 Å². The van der Waals surface area contributed by atoms with Crippen molar-refractivity contribution in [1.82, 2.24) is 0 Å². The molecule has 2 N–H and O–H groups in total. The molecule has 0 bridgehead atoms. The number of nitrogens with zero attached hydrogens (tertiary/aromatic N) is 1. The van der Waals surface area contributed by atoms with Gasteiger partial charge in [0.25, 0.3) is 0 Å². The van der Waals surface area contributed by atoms with Crippen molar-refractivity contribution >= 4 is 27.3 Å². The van der Waals surface area contributed by atoms with Crippen molar-refractivity contribution in [3.63, 3.8) is 0 Å². The van der Waals surface area contributed by atoms with Gasteiger partial charge >= 0.3 is 34.5 Å². The van der Waals surface area contributed by atoms with Gasteiger partial charge in [0.15, 0.2) is 0 Å². The van der Waals surface area contributed by atoms with Gasteiger partial charge in [0.2, 0.25) is 0 Å². The first-order valence-corrected chi connectivity index (χ1v) is 31.9. The van der Waals surface area contributed by atoms with Crippen molar-refractivity contribution in [3.8, 4) is 0 Å². The van der Waals surface area contributed by atoms with E-state index in [2.05, 4.69) is 18.2 Å². The summed E-state index contributed by atoms with van der Waals surface area (Å²) in [6.45, 7) is 0. The summed E-state index contributed by atoms with van der Waals surface area (Å²) in [5.74, 6) is 1.73. The molecular weight excluding hydrogens is 862 g/mol. The Morgan fingerprint density at radius 1 is 0.483 bits per heavy atom. The summed E-state index contributed by atoms with van der Waals surface area (Å²) in [5, 5.41) is 30.0. The van der Waals surface area contributed by atoms with Crippen LogP contribution in [-0.2, 0) is 15.1 Å². The van der Waals surface area contributed by atoms with Crippen LogP contribution in [0.5, 0.6) is 0 Å². The summed E-state index contributed by atoms with van der Waals surface area (Å²) in [5.41, 5.74) is 3.59. The summed E-state index contributed by atoms with van der Waals surface area (Å²) in [7, 11) is 9.66. The molecule has 0 saturated heterocycles. The van der Waals surface area contributed by atoms with Crippen LogP contribution in [0.25, 0.3) is 5.32 Å². The minimum absolute atomic E-state index is 0.0465. The monoisotopic (exact) mass is 949 g/mol. The Kier molecular flexibility index (Phi) is 21.6. The molecule has 0 aromatic rings. The number of allylic oxidation sites excluding steroid dienone is 2. The van der Waals surface area contributed by atoms with E-state index in [1.807, 2.05) is 0 Å². The molecule has 58 heavy (non-hydrogen) atoms. The molecule has 0 aromatic heterocycles. The Bertz CT molecular complexity index is 1100. The fourth-order valence-electron chi connectivity index (χ4n) is 14.4. The van der Waals surface area contributed by atoms with Crippen LogP contribution < -0.4 is 0 Å². The summed E-state index contributed by atoms with van der Waals surface area (Å²) in [6.07, 6.45) is 56.9. The molecule has 3 nitrogen and oxygen atoms in total. The second-order valence-electron chi connectivity index (χ2n) is 21.0. The third kappa shape index (κ3) is 13.9. The molecule has 0 radical (unpaired) electrons. The van der Waals surface area contributed by atoms with Crippen LogP contribution in [0.3, 0.4) is 0 Å². The molecule has 1 aliphatic heterocycles. The Hall–Kier alpha value is 0.833. The van der Waals surface area contributed by atoms with E-state index < -0.39 is 11.2 Å². The van der Waals surface area contributed by atoms with Crippen molar-refractivity contribution in [2.75, 3.05) is 0 Å². The summed E-state index contributed by atoms with van der Waals surface area (Å²) in [4.78, 5) is 0. The van der Waals surface area contributed by atoms with Crippen LogP contribution in [0.4, 0.5) is 0 Å². The van der Waals surface area contributed by atoms with Crippen LogP contribution in [0.2, 0.25) is 0 Å². The molecule has 7 fully saturated rings. The number of hydrogen-bond acceptors (Lipinski definition) is 2. The van der Waals surface area contributed by atoms with E-state index >= 15 is 0 Å². The molecular formula is C51H88Cl2NO2PRu. The molecule has 1 unspecified atom stereocenters. The SMILES string of the molecule is C1CCC([PH+](C2CCCCC2)C2CCCCC2)CC1.OC(CC1=CC=CC(CC(O)(C2CCCCC2)C2CCCCC2)[N-]1)(C1CCCCC1)C1CCCCC1.[Cl][Ru][Cl]. The standard InChI is InChI=1S/C33H54NO2.C18H33P.2ClH.Ru/c35-32(26-14-5-1-6-15-26,27-16-7-2-8-17-27)24-30-22-13-23-31(34-30)25-33(36,28-18-9-3-10-19-28)29-20-11-4-12-21-29;1-4-10-16(11-5-1)19(17-12-6-2-7-13-17)18-14-8-3-9-15-18;;;/h13,22-23,26-30,35-36H,1-12,14-21,24-25H2;16-18H,1-15H2;2*1H;/q-1;;;;+2/p-1. The normalized spacial score (nSPS) is 27.6. The fraction of sp³-hybridized carbons (Fsp3) is 0.922. The molecule has 1 heterocycles. The molecule has 7 saturated carbocycles. The zero-order valence-electron chi connectivity index (χ0n) is 37.0. The minimum atomic E-state index is -0.602. The molecule has 336 valence electrons. The van der Waals surface area contributed by atoms with E-state index in [9.17, 15) is 10.2 Å². The fourth-order valence-corrected chi connectivity index (χ4v) is 19.7. The zero-order chi connectivity index (χ0) is 40.5. The summed E-state index contributed by atoms with van der Waals surface area (Å²) in [6, 6.07) is 0.0563. The number of halogens is 2. The van der Waals surface area contributed by atoms with Crippen LogP contribution in [-0.4, -0.2) is 44.4 Å². The number of rotatable bonds is 11. The molecule has 1 atom stereocenters.